The Kier molecular flexibility index (Phi) is 8.82. The fourth-order valence-corrected chi connectivity index (χ4v) is 5.19. The first-order valence-electron chi connectivity index (χ1n) is 13.3. The minimum atomic E-state index is -1.02. The molecule has 40 heavy (non-hydrogen) atoms. The predicted molar refractivity (Wildman–Crippen MR) is 150 cm³/mol. The van der Waals surface area contributed by atoms with Gasteiger partial charge in [-0.2, -0.15) is 5.06 Å². The molecule has 0 saturated heterocycles. The third-order valence-electron chi connectivity index (χ3n) is 7.00. The maximum Gasteiger partial charge on any atom is 0.329 e. The lowest BCUT2D eigenvalue weighted by molar-refractivity contribution is -0.185. The summed E-state index contributed by atoms with van der Waals surface area (Å²) < 4.78 is 27.6. The third kappa shape index (κ3) is 6.65. The molecule has 3 aromatic carbocycles. The Balaban J connectivity index is 1.72. The van der Waals surface area contributed by atoms with E-state index in [9.17, 15) is 23.2 Å². The van der Waals surface area contributed by atoms with Crippen molar-refractivity contribution in [3.8, 4) is 11.1 Å². The first-order chi connectivity index (χ1) is 19.0. The molecule has 9 heteroatoms. The van der Waals surface area contributed by atoms with Crippen LogP contribution < -0.4 is 10.6 Å². The van der Waals surface area contributed by atoms with Gasteiger partial charge in [0.1, 0.15) is 0 Å². The second-order valence-electron chi connectivity index (χ2n) is 10.2. The highest BCUT2D eigenvalue weighted by molar-refractivity contribution is 6.07. The van der Waals surface area contributed by atoms with Crippen molar-refractivity contribution in [3.05, 3.63) is 82.4 Å². The molecule has 3 amide bonds. The van der Waals surface area contributed by atoms with E-state index in [4.69, 9.17) is 4.84 Å². The predicted octanol–water partition coefficient (Wildman–Crippen LogP) is 7.45. The number of halogens is 2. The standard InChI is InChI=1S/C31H33F2N3O4/c1-18-14-19(2)29(20(3)15-18)35-31(39)34-28-17-23(22-11-13-26(32)27(33)16-22)10-12-25(28)30(38)36(40-21(4)37)24-8-6-5-7-9-24/h10-17,24H,5-9H2,1-4H3,(H2,34,35,39). The molecule has 4 rings (SSSR count). The van der Waals surface area contributed by atoms with Crippen LogP contribution in [0.3, 0.4) is 0 Å². The SMILES string of the molecule is CC(=O)ON(C(=O)c1ccc(-c2ccc(F)c(F)c2)cc1NC(=O)Nc1c(C)cc(C)cc1C)C1CCCCC1. The first-order valence-corrected chi connectivity index (χ1v) is 13.3. The number of aryl methyl sites for hydroxylation is 3. The van der Waals surface area contributed by atoms with Crippen molar-refractivity contribution in [2.75, 3.05) is 10.6 Å². The molecule has 2 N–H and O–H groups in total. The van der Waals surface area contributed by atoms with E-state index >= 15 is 0 Å². The van der Waals surface area contributed by atoms with Gasteiger partial charge in [0.15, 0.2) is 11.6 Å². The number of carbonyl (C=O) groups excluding carboxylic acids is 3. The van der Waals surface area contributed by atoms with Crippen molar-refractivity contribution < 1.29 is 28.0 Å². The van der Waals surface area contributed by atoms with Gasteiger partial charge in [-0.15, -0.1) is 0 Å². The third-order valence-corrected chi connectivity index (χ3v) is 7.00. The van der Waals surface area contributed by atoms with Gasteiger partial charge in [0, 0.05) is 12.6 Å². The number of carbonyl (C=O) groups is 3. The molecule has 3 aromatic rings. The number of nitrogens with one attached hydrogen (secondary N) is 2. The zero-order chi connectivity index (χ0) is 29.0. The van der Waals surface area contributed by atoms with E-state index in [1.165, 1.54) is 25.1 Å². The van der Waals surface area contributed by atoms with Crippen LogP contribution in [-0.2, 0) is 9.63 Å². The quantitative estimate of drug-likeness (QED) is 0.324. The van der Waals surface area contributed by atoms with Crippen LogP contribution in [-0.4, -0.2) is 29.0 Å². The number of nitrogens with zero attached hydrogens (tertiary/aromatic N) is 1. The molecule has 1 fully saturated rings. The molecule has 7 nitrogen and oxygen atoms in total. The maximum atomic E-state index is 14.0. The summed E-state index contributed by atoms with van der Waals surface area (Å²) in [6.07, 6.45) is 4.19. The zero-order valence-corrected chi connectivity index (χ0v) is 23.1. The van der Waals surface area contributed by atoms with E-state index in [1.807, 2.05) is 32.9 Å². The van der Waals surface area contributed by atoms with Crippen molar-refractivity contribution in [2.45, 2.75) is 65.8 Å². The summed E-state index contributed by atoms with van der Waals surface area (Å²) in [6, 6.07) is 11.0. The molecule has 0 bridgehead atoms. The average molecular weight is 550 g/mol. The van der Waals surface area contributed by atoms with Crippen molar-refractivity contribution >= 4 is 29.3 Å². The van der Waals surface area contributed by atoms with Crippen LogP contribution in [0.15, 0.2) is 48.5 Å². The topological polar surface area (TPSA) is 87.7 Å². The molecular weight excluding hydrogens is 516 g/mol. The highest BCUT2D eigenvalue weighted by Crippen LogP contribution is 2.31. The van der Waals surface area contributed by atoms with Gasteiger partial charge in [-0.3, -0.25) is 9.59 Å². The molecular formula is C31H33F2N3O4. The Morgan fingerprint density at radius 1 is 0.825 bits per heavy atom. The average Bonchev–Trinajstić information content (AvgIpc) is 2.91. The molecule has 0 heterocycles. The van der Waals surface area contributed by atoms with Crippen molar-refractivity contribution in [3.63, 3.8) is 0 Å². The minimum absolute atomic E-state index is 0.0886. The Morgan fingerprint density at radius 3 is 2.08 bits per heavy atom. The summed E-state index contributed by atoms with van der Waals surface area (Å²) in [6.45, 7) is 6.96. The summed E-state index contributed by atoms with van der Waals surface area (Å²) in [7, 11) is 0. The van der Waals surface area contributed by atoms with Crippen LogP contribution in [0.4, 0.5) is 25.0 Å². The van der Waals surface area contributed by atoms with E-state index in [1.54, 1.807) is 6.07 Å². The van der Waals surface area contributed by atoms with Gasteiger partial charge in [0.25, 0.3) is 5.91 Å². The molecule has 0 aliphatic heterocycles. The van der Waals surface area contributed by atoms with Gasteiger partial charge in [-0.05, 0) is 80.1 Å². The normalized spacial score (nSPS) is 13.4. The lowest BCUT2D eigenvalue weighted by atomic mass is 9.94. The number of anilines is 2. The summed E-state index contributed by atoms with van der Waals surface area (Å²) >= 11 is 0. The monoisotopic (exact) mass is 549 g/mol. The number of rotatable bonds is 5. The molecule has 1 saturated carbocycles. The number of urea groups is 1. The second-order valence-corrected chi connectivity index (χ2v) is 10.2. The maximum absolute atomic E-state index is 14.0. The molecule has 0 aromatic heterocycles. The van der Waals surface area contributed by atoms with E-state index in [2.05, 4.69) is 10.6 Å². The summed E-state index contributed by atoms with van der Waals surface area (Å²) in [4.78, 5) is 44.3. The van der Waals surface area contributed by atoms with Crippen LogP contribution in [0.2, 0.25) is 0 Å². The lowest BCUT2D eigenvalue weighted by Gasteiger charge is -2.32. The number of benzene rings is 3. The minimum Gasteiger partial charge on any atom is -0.338 e. The fraction of sp³-hybridized carbons (Fsp3) is 0.323. The molecule has 0 atom stereocenters. The van der Waals surface area contributed by atoms with Gasteiger partial charge < -0.3 is 15.5 Å². The highest BCUT2D eigenvalue weighted by atomic mass is 19.2. The number of amides is 3. The smallest absolute Gasteiger partial charge is 0.329 e. The molecule has 1 aliphatic rings. The summed E-state index contributed by atoms with van der Waals surface area (Å²) in [5, 5.41) is 6.70. The zero-order valence-electron chi connectivity index (χ0n) is 23.1. The van der Waals surface area contributed by atoms with Gasteiger partial charge in [-0.25, -0.2) is 13.6 Å². The van der Waals surface area contributed by atoms with Crippen LogP contribution in [0.25, 0.3) is 11.1 Å². The number of hydrogen-bond acceptors (Lipinski definition) is 4. The van der Waals surface area contributed by atoms with Crippen LogP contribution in [0.1, 0.15) is 66.1 Å². The molecule has 0 unspecified atom stereocenters. The van der Waals surface area contributed by atoms with Crippen molar-refractivity contribution in [1.29, 1.82) is 0 Å². The molecule has 0 radical (unpaired) electrons. The van der Waals surface area contributed by atoms with Gasteiger partial charge in [0.2, 0.25) is 0 Å². The summed E-state index contributed by atoms with van der Waals surface area (Å²) in [5.41, 5.74) is 4.46. The molecule has 0 spiro atoms. The summed E-state index contributed by atoms with van der Waals surface area (Å²) in [5.74, 6) is -3.22. The van der Waals surface area contributed by atoms with Crippen LogP contribution >= 0.6 is 0 Å². The largest absolute Gasteiger partial charge is 0.338 e. The van der Waals surface area contributed by atoms with E-state index in [0.29, 0.717) is 29.7 Å². The Morgan fingerprint density at radius 2 is 1.45 bits per heavy atom. The van der Waals surface area contributed by atoms with Crippen LogP contribution in [0, 0.1) is 32.4 Å². The van der Waals surface area contributed by atoms with Crippen molar-refractivity contribution in [2.24, 2.45) is 0 Å². The van der Waals surface area contributed by atoms with Gasteiger partial charge in [0.05, 0.1) is 17.3 Å². The van der Waals surface area contributed by atoms with Gasteiger partial charge >= 0.3 is 12.0 Å². The Labute approximate surface area is 232 Å². The van der Waals surface area contributed by atoms with Crippen molar-refractivity contribution in [1.82, 2.24) is 5.06 Å². The molecule has 210 valence electrons. The first kappa shape index (κ1) is 28.7. The lowest BCUT2D eigenvalue weighted by Crippen LogP contribution is -2.42. The second kappa shape index (κ2) is 12.3. The van der Waals surface area contributed by atoms with E-state index in [-0.39, 0.29) is 17.3 Å². The Bertz CT molecular complexity index is 1430. The fourth-order valence-electron chi connectivity index (χ4n) is 5.19. The van der Waals surface area contributed by atoms with E-state index in [0.717, 1.165) is 53.1 Å². The van der Waals surface area contributed by atoms with E-state index < -0.39 is 29.5 Å². The van der Waals surface area contributed by atoms with Crippen LogP contribution in [0.5, 0.6) is 0 Å². The Hall–Kier alpha value is -4.27. The van der Waals surface area contributed by atoms with Gasteiger partial charge in [-0.1, -0.05) is 49.1 Å². The number of hydroxylamine groups is 2. The number of hydrogen-bond donors (Lipinski definition) is 2. The highest BCUT2D eigenvalue weighted by Gasteiger charge is 2.31. The molecule has 1 aliphatic carbocycles.